The normalized spacial score (nSPS) is 26.5. The summed E-state index contributed by atoms with van der Waals surface area (Å²) in [6, 6.07) is 0.392. The Morgan fingerprint density at radius 2 is 2.25 bits per heavy atom. The minimum absolute atomic E-state index is 0.128. The molecule has 0 aliphatic heterocycles. The Bertz CT molecular complexity index is 218. The highest BCUT2D eigenvalue weighted by Gasteiger charge is 2.28. The molecule has 2 nitrogen and oxygen atoms in total. The van der Waals surface area contributed by atoms with Gasteiger partial charge in [-0.25, -0.2) is 0 Å². The maximum atomic E-state index is 11.0. The van der Waals surface area contributed by atoms with E-state index in [0.29, 0.717) is 6.04 Å². The molecule has 1 saturated carbocycles. The van der Waals surface area contributed by atoms with Crippen LogP contribution in [-0.4, -0.2) is 11.9 Å². The van der Waals surface area contributed by atoms with Crippen LogP contribution in [0, 0.1) is 17.8 Å². The molecule has 1 fully saturated rings. The molecule has 1 aliphatic carbocycles. The third kappa shape index (κ3) is 2.27. The first-order valence-corrected chi connectivity index (χ1v) is 4.49. The van der Waals surface area contributed by atoms with E-state index in [1.807, 2.05) is 0 Å². The smallest absolute Gasteiger partial charge is 0.296 e. The number of amides is 1. The average Bonchev–Trinajstić information content (AvgIpc) is 1.96. The lowest BCUT2D eigenvalue weighted by atomic mass is 9.79. The van der Waals surface area contributed by atoms with Crippen molar-refractivity contribution in [3.05, 3.63) is 0 Å². The van der Waals surface area contributed by atoms with Crippen LogP contribution < -0.4 is 5.32 Å². The fraction of sp³-hybridized carbons (Fsp3) is 0.700. The minimum atomic E-state index is -0.128. The molecule has 2 heteroatoms. The van der Waals surface area contributed by atoms with Crippen LogP contribution in [-0.2, 0) is 4.79 Å². The number of nitrogens with one attached hydrogen (secondary N) is 1. The van der Waals surface area contributed by atoms with E-state index in [-0.39, 0.29) is 5.91 Å². The molecule has 0 unspecified atom stereocenters. The van der Waals surface area contributed by atoms with Gasteiger partial charge in [0.25, 0.3) is 5.91 Å². The molecule has 12 heavy (non-hydrogen) atoms. The zero-order valence-electron chi connectivity index (χ0n) is 7.68. The monoisotopic (exact) mass is 165 g/mol. The van der Waals surface area contributed by atoms with Crippen molar-refractivity contribution in [2.45, 2.75) is 39.2 Å². The van der Waals surface area contributed by atoms with Crippen molar-refractivity contribution < 1.29 is 4.79 Å². The van der Waals surface area contributed by atoms with Gasteiger partial charge in [-0.15, -0.1) is 0 Å². The fourth-order valence-electron chi connectivity index (χ4n) is 1.52. The molecule has 1 rings (SSSR count). The second kappa shape index (κ2) is 4.15. The first kappa shape index (κ1) is 9.12. The highest BCUT2D eigenvalue weighted by Crippen LogP contribution is 2.29. The van der Waals surface area contributed by atoms with E-state index < -0.39 is 0 Å². The van der Waals surface area contributed by atoms with Crippen molar-refractivity contribution in [2.24, 2.45) is 5.92 Å². The van der Waals surface area contributed by atoms with E-state index >= 15 is 0 Å². The fourth-order valence-corrected chi connectivity index (χ4v) is 1.52. The molecule has 66 valence electrons. The molecule has 0 radical (unpaired) electrons. The van der Waals surface area contributed by atoms with E-state index in [1.54, 1.807) is 6.92 Å². The Kier molecular flexibility index (Phi) is 3.16. The summed E-state index contributed by atoms with van der Waals surface area (Å²) in [5.41, 5.74) is 0. The molecule has 0 aromatic heterocycles. The number of carbonyl (C=O) groups is 1. The van der Waals surface area contributed by atoms with Crippen LogP contribution in [0.3, 0.4) is 0 Å². The largest absolute Gasteiger partial charge is 0.343 e. The predicted molar refractivity (Wildman–Crippen MR) is 48.4 cm³/mol. The van der Waals surface area contributed by atoms with E-state index in [1.165, 1.54) is 6.42 Å². The second-order valence-electron chi connectivity index (χ2n) is 3.29. The second-order valence-corrected chi connectivity index (χ2v) is 3.29. The van der Waals surface area contributed by atoms with Crippen molar-refractivity contribution in [3.63, 3.8) is 0 Å². The van der Waals surface area contributed by atoms with Gasteiger partial charge in [0.1, 0.15) is 0 Å². The van der Waals surface area contributed by atoms with Gasteiger partial charge < -0.3 is 5.32 Å². The van der Waals surface area contributed by atoms with Crippen LogP contribution in [0.25, 0.3) is 0 Å². The first-order valence-electron chi connectivity index (χ1n) is 4.49. The summed E-state index contributed by atoms with van der Waals surface area (Å²) in [4.78, 5) is 11.0. The van der Waals surface area contributed by atoms with Crippen LogP contribution in [0.4, 0.5) is 0 Å². The molecule has 0 aromatic carbocycles. The van der Waals surface area contributed by atoms with Crippen molar-refractivity contribution in [3.8, 4) is 11.8 Å². The lowest BCUT2D eigenvalue weighted by Gasteiger charge is -2.34. The summed E-state index contributed by atoms with van der Waals surface area (Å²) in [6.07, 6.45) is 3.49. The van der Waals surface area contributed by atoms with Crippen LogP contribution in [0.2, 0.25) is 0 Å². The standard InChI is InChI=1S/C10H15NO/c1-3-5-10(12)11-9-6-8(4-2)7-9/h8-9H,4,6-7H2,1-2H3,(H,11,12)/t8-,9+. The zero-order valence-corrected chi connectivity index (χ0v) is 7.68. The van der Waals surface area contributed by atoms with Crippen molar-refractivity contribution in [1.29, 1.82) is 0 Å². The maximum Gasteiger partial charge on any atom is 0.296 e. The third-order valence-electron chi connectivity index (χ3n) is 2.39. The van der Waals surface area contributed by atoms with Gasteiger partial charge in [-0.2, -0.15) is 0 Å². The summed E-state index contributed by atoms with van der Waals surface area (Å²) >= 11 is 0. The number of hydrogen-bond donors (Lipinski definition) is 1. The quantitative estimate of drug-likeness (QED) is 0.614. The van der Waals surface area contributed by atoms with Crippen LogP contribution >= 0.6 is 0 Å². The summed E-state index contributed by atoms with van der Waals surface area (Å²) in [5.74, 6) is 5.76. The lowest BCUT2D eigenvalue weighted by molar-refractivity contribution is -0.117. The van der Waals surface area contributed by atoms with Gasteiger partial charge in [0, 0.05) is 6.04 Å². The lowest BCUT2D eigenvalue weighted by Crippen LogP contribution is -2.43. The Morgan fingerprint density at radius 1 is 1.58 bits per heavy atom. The Morgan fingerprint density at radius 3 is 2.75 bits per heavy atom. The molecule has 1 aliphatic rings. The molecule has 0 bridgehead atoms. The Hall–Kier alpha value is -0.970. The van der Waals surface area contributed by atoms with Crippen molar-refractivity contribution in [1.82, 2.24) is 5.32 Å². The zero-order chi connectivity index (χ0) is 8.97. The molecular weight excluding hydrogens is 150 g/mol. The number of rotatable bonds is 2. The van der Waals surface area contributed by atoms with Crippen molar-refractivity contribution in [2.75, 3.05) is 0 Å². The van der Waals surface area contributed by atoms with Gasteiger partial charge in [-0.1, -0.05) is 19.3 Å². The van der Waals surface area contributed by atoms with E-state index in [4.69, 9.17) is 0 Å². The van der Waals surface area contributed by atoms with Gasteiger partial charge in [-0.05, 0) is 31.6 Å². The maximum absolute atomic E-state index is 11.0. The van der Waals surface area contributed by atoms with Gasteiger partial charge >= 0.3 is 0 Å². The number of hydrogen-bond acceptors (Lipinski definition) is 1. The minimum Gasteiger partial charge on any atom is -0.343 e. The van der Waals surface area contributed by atoms with Gasteiger partial charge in [0.2, 0.25) is 0 Å². The van der Waals surface area contributed by atoms with Gasteiger partial charge in [0.05, 0.1) is 0 Å². The summed E-state index contributed by atoms with van der Waals surface area (Å²) < 4.78 is 0. The molecule has 1 amide bonds. The molecule has 0 atom stereocenters. The van der Waals surface area contributed by atoms with E-state index in [2.05, 4.69) is 24.1 Å². The van der Waals surface area contributed by atoms with E-state index in [9.17, 15) is 4.79 Å². The third-order valence-corrected chi connectivity index (χ3v) is 2.39. The predicted octanol–water partition coefficient (Wildman–Crippen LogP) is 1.31. The van der Waals surface area contributed by atoms with Crippen LogP contribution in [0.1, 0.15) is 33.1 Å². The van der Waals surface area contributed by atoms with Crippen molar-refractivity contribution >= 4 is 5.91 Å². The van der Waals surface area contributed by atoms with Gasteiger partial charge in [0.15, 0.2) is 0 Å². The first-order chi connectivity index (χ1) is 5.76. The van der Waals surface area contributed by atoms with Crippen LogP contribution in [0.15, 0.2) is 0 Å². The molecule has 0 spiro atoms. The highest BCUT2D eigenvalue weighted by molar-refractivity contribution is 5.93. The Labute approximate surface area is 73.7 Å². The highest BCUT2D eigenvalue weighted by atomic mass is 16.1. The van der Waals surface area contributed by atoms with Crippen LogP contribution in [0.5, 0.6) is 0 Å². The molecule has 0 aromatic rings. The molecular formula is C10H15NO. The Balaban J connectivity index is 2.17. The van der Waals surface area contributed by atoms with Gasteiger partial charge in [-0.3, -0.25) is 4.79 Å². The van der Waals surface area contributed by atoms with E-state index in [0.717, 1.165) is 18.8 Å². The average molecular weight is 165 g/mol. The molecule has 1 N–H and O–H groups in total. The molecule has 0 saturated heterocycles. The SMILES string of the molecule is CC#CC(=O)N[C@H]1C[C@@H](CC)C1. The molecule has 0 heterocycles. The summed E-state index contributed by atoms with van der Waals surface area (Å²) in [6.45, 7) is 3.86. The summed E-state index contributed by atoms with van der Waals surface area (Å²) in [5, 5.41) is 2.87. The topological polar surface area (TPSA) is 29.1 Å². The summed E-state index contributed by atoms with van der Waals surface area (Å²) in [7, 11) is 0. The number of carbonyl (C=O) groups excluding carboxylic acids is 1.